The number of carboxylic acids is 1. The number of carbonyl (C=O) groups is 2. The molecule has 0 aliphatic carbocycles. The lowest BCUT2D eigenvalue weighted by Crippen LogP contribution is -2.37. The Labute approximate surface area is 135 Å². The number of para-hydroxylation sites is 1. The highest BCUT2D eigenvalue weighted by Crippen LogP contribution is 2.34. The number of aromatic carboxylic acids is 1. The molecule has 1 heterocycles. The van der Waals surface area contributed by atoms with E-state index in [4.69, 9.17) is 5.11 Å². The second-order valence-corrected chi connectivity index (χ2v) is 5.98. The van der Waals surface area contributed by atoms with Crippen LogP contribution in [-0.2, 0) is 11.2 Å². The monoisotopic (exact) mass is 309 g/mol. The Bertz CT molecular complexity index is 754. The fourth-order valence-corrected chi connectivity index (χ4v) is 3.09. The minimum atomic E-state index is -0.976. The Balaban J connectivity index is 1.83. The second-order valence-electron chi connectivity index (χ2n) is 5.98. The van der Waals surface area contributed by atoms with Gasteiger partial charge in [0.15, 0.2) is 0 Å². The van der Waals surface area contributed by atoms with Crippen molar-refractivity contribution in [3.8, 4) is 0 Å². The lowest BCUT2D eigenvalue weighted by Gasteiger charge is -2.33. The van der Waals surface area contributed by atoms with Gasteiger partial charge in [0, 0.05) is 12.2 Å². The number of carboxylic acid groups (broad SMARTS) is 1. The van der Waals surface area contributed by atoms with Gasteiger partial charge in [0.05, 0.1) is 12.0 Å². The van der Waals surface area contributed by atoms with E-state index in [2.05, 4.69) is 13.0 Å². The smallest absolute Gasteiger partial charge is 0.335 e. The molecule has 1 unspecified atom stereocenters. The van der Waals surface area contributed by atoms with Crippen LogP contribution in [0.25, 0.3) is 0 Å². The molecule has 0 radical (unpaired) electrons. The standard InChI is InChI=1S/C19H19NO3/c1-13-9-10-20(17-8-3-2-7-16(13)17)18(21)12-14-5-4-6-15(11-14)19(22)23/h2-8,11,13H,9-10,12H2,1H3,(H,22,23). The lowest BCUT2D eigenvalue weighted by atomic mass is 9.91. The van der Waals surface area contributed by atoms with Crippen molar-refractivity contribution in [2.24, 2.45) is 0 Å². The third-order valence-electron chi connectivity index (χ3n) is 4.37. The van der Waals surface area contributed by atoms with E-state index in [-0.39, 0.29) is 17.9 Å². The Hall–Kier alpha value is -2.62. The molecule has 0 bridgehead atoms. The summed E-state index contributed by atoms with van der Waals surface area (Å²) < 4.78 is 0. The maximum atomic E-state index is 12.7. The fourth-order valence-electron chi connectivity index (χ4n) is 3.09. The van der Waals surface area contributed by atoms with E-state index in [9.17, 15) is 9.59 Å². The normalized spacial score (nSPS) is 16.7. The Morgan fingerprint density at radius 2 is 1.96 bits per heavy atom. The molecule has 1 atom stereocenters. The summed E-state index contributed by atoms with van der Waals surface area (Å²) in [5.74, 6) is -0.520. The van der Waals surface area contributed by atoms with Gasteiger partial charge in [-0.25, -0.2) is 4.79 Å². The van der Waals surface area contributed by atoms with E-state index < -0.39 is 5.97 Å². The van der Waals surface area contributed by atoms with Crippen LogP contribution >= 0.6 is 0 Å². The van der Waals surface area contributed by atoms with Gasteiger partial charge in [0.1, 0.15) is 0 Å². The Kier molecular flexibility index (Phi) is 4.15. The highest BCUT2D eigenvalue weighted by Gasteiger charge is 2.26. The second kappa shape index (κ2) is 6.24. The van der Waals surface area contributed by atoms with Gasteiger partial charge in [-0.05, 0) is 41.7 Å². The Morgan fingerprint density at radius 1 is 1.17 bits per heavy atom. The van der Waals surface area contributed by atoms with E-state index in [0.29, 0.717) is 12.5 Å². The highest BCUT2D eigenvalue weighted by molar-refractivity contribution is 5.96. The summed E-state index contributed by atoms with van der Waals surface area (Å²) >= 11 is 0. The van der Waals surface area contributed by atoms with Gasteiger partial charge in [-0.2, -0.15) is 0 Å². The maximum Gasteiger partial charge on any atom is 0.335 e. The van der Waals surface area contributed by atoms with E-state index in [1.54, 1.807) is 18.2 Å². The topological polar surface area (TPSA) is 57.6 Å². The molecule has 0 saturated heterocycles. The molecule has 1 amide bonds. The SMILES string of the molecule is CC1CCN(C(=O)Cc2cccc(C(=O)O)c2)c2ccccc21. The van der Waals surface area contributed by atoms with Crippen LogP contribution in [0, 0.1) is 0 Å². The van der Waals surface area contributed by atoms with Gasteiger partial charge < -0.3 is 10.0 Å². The number of amides is 1. The first kappa shape index (κ1) is 15.3. The summed E-state index contributed by atoms with van der Waals surface area (Å²) in [6.07, 6.45) is 1.15. The molecule has 0 fully saturated rings. The first-order valence-electron chi connectivity index (χ1n) is 7.78. The molecule has 2 aromatic rings. The molecule has 1 aliphatic rings. The minimum absolute atomic E-state index is 0.00638. The summed E-state index contributed by atoms with van der Waals surface area (Å²) in [7, 11) is 0. The highest BCUT2D eigenvalue weighted by atomic mass is 16.4. The molecule has 23 heavy (non-hydrogen) atoms. The average molecular weight is 309 g/mol. The molecular formula is C19H19NO3. The van der Waals surface area contributed by atoms with Gasteiger partial charge in [-0.3, -0.25) is 4.79 Å². The zero-order chi connectivity index (χ0) is 16.4. The van der Waals surface area contributed by atoms with E-state index in [1.165, 1.54) is 11.6 Å². The summed E-state index contributed by atoms with van der Waals surface area (Å²) in [6, 6.07) is 14.6. The average Bonchev–Trinajstić information content (AvgIpc) is 2.55. The largest absolute Gasteiger partial charge is 0.478 e. The molecule has 4 heteroatoms. The molecule has 118 valence electrons. The molecular weight excluding hydrogens is 290 g/mol. The van der Waals surface area contributed by atoms with E-state index >= 15 is 0 Å². The van der Waals surface area contributed by atoms with Crippen LogP contribution in [0.2, 0.25) is 0 Å². The van der Waals surface area contributed by atoms with Crippen LogP contribution in [0.15, 0.2) is 48.5 Å². The third-order valence-corrected chi connectivity index (χ3v) is 4.37. The summed E-state index contributed by atoms with van der Waals surface area (Å²) in [6.45, 7) is 2.88. The lowest BCUT2D eigenvalue weighted by molar-refractivity contribution is -0.118. The number of carbonyl (C=O) groups excluding carboxylic acids is 1. The predicted octanol–water partition coefficient (Wildman–Crippen LogP) is 3.47. The molecule has 0 saturated carbocycles. The van der Waals surface area contributed by atoms with Gasteiger partial charge in [0.2, 0.25) is 5.91 Å². The van der Waals surface area contributed by atoms with Crippen LogP contribution in [0.1, 0.15) is 40.7 Å². The van der Waals surface area contributed by atoms with Crippen molar-refractivity contribution in [1.29, 1.82) is 0 Å². The van der Waals surface area contributed by atoms with Crippen molar-refractivity contribution >= 4 is 17.6 Å². The fraction of sp³-hybridized carbons (Fsp3) is 0.263. The number of nitrogens with zero attached hydrogens (tertiary/aromatic N) is 1. The predicted molar refractivity (Wildman–Crippen MR) is 88.9 cm³/mol. The van der Waals surface area contributed by atoms with Crippen molar-refractivity contribution < 1.29 is 14.7 Å². The third kappa shape index (κ3) is 3.11. The summed E-state index contributed by atoms with van der Waals surface area (Å²) in [4.78, 5) is 25.6. The van der Waals surface area contributed by atoms with Gasteiger partial charge in [0.25, 0.3) is 0 Å². The quantitative estimate of drug-likeness (QED) is 0.944. The Morgan fingerprint density at radius 3 is 2.74 bits per heavy atom. The molecule has 1 N–H and O–H groups in total. The molecule has 3 rings (SSSR count). The number of rotatable bonds is 3. The van der Waals surface area contributed by atoms with Crippen molar-refractivity contribution in [2.75, 3.05) is 11.4 Å². The molecule has 0 aromatic heterocycles. The van der Waals surface area contributed by atoms with Crippen LogP contribution in [0.4, 0.5) is 5.69 Å². The first-order chi connectivity index (χ1) is 11.1. The number of hydrogen-bond acceptors (Lipinski definition) is 2. The van der Waals surface area contributed by atoms with Crippen LogP contribution in [0.5, 0.6) is 0 Å². The van der Waals surface area contributed by atoms with Crippen molar-refractivity contribution in [3.05, 3.63) is 65.2 Å². The summed E-state index contributed by atoms with van der Waals surface area (Å²) in [5.41, 5.74) is 3.12. The van der Waals surface area contributed by atoms with Crippen LogP contribution in [-0.4, -0.2) is 23.5 Å². The van der Waals surface area contributed by atoms with Crippen molar-refractivity contribution in [2.45, 2.75) is 25.7 Å². The minimum Gasteiger partial charge on any atom is -0.478 e. The van der Waals surface area contributed by atoms with Gasteiger partial charge >= 0.3 is 5.97 Å². The van der Waals surface area contributed by atoms with Crippen LogP contribution in [0.3, 0.4) is 0 Å². The number of hydrogen-bond donors (Lipinski definition) is 1. The number of benzene rings is 2. The van der Waals surface area contributed by atoms with Crippen molar-refractivity contribution in [1.82, 2.24) is 0 Å². The van der Waals surface area contributed by atoms with Crippen LogP contribution < -0.4 is 4.90 Å². The number of fused-ring (bicyclic) bond motifs is 1. The van der Waals surface area contributed by atoms with Crippen molar-refractivity contribution in [3.63, 3.8) is 0 Å². The molecule has 2 aromatic carbocycles. The summed E-state index contributed by atoms with van der Waals surface area (Å²) in [5, 5.41) is 9.06. The first-order valence-corrected chi connectivity index (χ1v) is 7.78. The van der Waals surface area contributed by atoms with Gasteiger partial charge in [-0.15, -0.1) is 0 Å². The maximum absolute atomic E-state index is 12.7. The van der Waals surface area contributed by atoms with Gasteiger partial charge in [-0.1, -0.05) is 37.3 Å². The molecule has 0 spiro atoms. The zero-order valence-electron chi connectivity index (χ0n) is 13.0. The van der Waals surface area contributed by atoms with E-state index in [0.717, 1.165) is 17.7 Å². The molecule has 4 nitrogen and oxygen atoms in total. The molecule has 1 aliphatic heterocycles. The van der Waals surface area contributed by atoms with E-state index in [1.807, 2.05) is 23.1 Å². The number of anilines is 1. The zero-order valence-corrected chi connectivity index (χ0v) is 13.0.